The Hall–Kier alpha value is -2.92. The minimum atomic E-state index is -0.534. The van der Waals surface area contributed by atoms with Crippen LogP contribution in [0, 0.1) is 39.0 Å². The molecule has 0 aliphatic carbocycles. The van der Waals surface area contributed by atoms with E-state index in [2.05, 4.69) is 16.0 Å². The minimum Gasteiger partial charge on any atom is -0.465 e. The van der Waals surface area contributed by atoms with Crippen LogP contribution in [-0.4, -0.2) is 41.3 Å². The lowest BCUT2D eigenvalue weighted by atomic mass is 10.1. The Labute approximate surface area is 175 Å². The Morgan fingerprint density at radius 1 is 1.14 bits per heavy atom. The maximum absolute atomic E-state index is 13.0. The van der Waals surface area contributed by atoms with Gasteiger partial charge in [-0.05, 0) is 51.0 Å². The summed E-state index contributed by atoms with van der Waals surface area (Å²) in [6.45, 7) is 7.67. The third kappa shape index (κ3) is 5.78. The number of hydrogen-bond donors (Lipinski definition) is 0. The van der Waals surface area contributed by atoms with Crippen molar-refractivity contribution < 1.29 is 14.3 Å². The van der Waals surface area contributed by atoms with Crippen molar-refractivity contribution in [2.45, 2.75) is 39.1 Å². The summed E-state index contributed by atoms with van der Waals surface area (Å²) in [5.74, 6) is -0.119. The van der Waals surface area contributed by atoms with Crippen LogP contribution in [0.4, 0.5) is 5.69 Å². The van der Waals surface area contributed by atoms with Gasteiger partial charge in [-0.15, -0.1) is 0 Å². The molecule has 1 aromatic carbocycles. The molecule has 0 radical (unpaired) electrons. The number of thioether (sulfide) groups is 1. The number of anilines is 1. The molecule has 152 valence electrons. The molecule has 2 aromatic rings. The molecular weight excluding hydrogens is 388 g/mol. The van der Waals surface area contributed by atoms with Gasteiger partial charge in [-0.25, -0.2) is 14.8 Å². The number of nitriles is 1. The van der Waals surface area contributed by atoms with Crippen LogP contribution in [0.2, 0.25) is 0 Å². The number of ether oxygens (including phenoxy) is 1. The van der Waals surface area contributed by atoms with E-state index in [0.29, 0.717) is 23.1 Å². The molecule has 0 bridgehead atoms. The molecule has 29 heavy (non-hydrogen) atoms. The van der Waals surface area contributed by atoms with Gasteiger partial charge in [0.1, 0.15) is 16.4 Å². The predicted molar refractivity (Wildman–Crippen MR) is 112 cm³/mol. The lowest BCUT2D eigenvalue weighted by molar-refractivity contribution is -0.116. The van der Waals surface area contributed by atoms with Crippen molar-refractivity contribution in [2.24, 2.45) is 0 Å². The monoisotopic (exact) mass is 412 g/mol. The molecule has 8 heteroatoms. The van der Waals surface area contributed by atoms with E-state index in [1.54, 1.807) is 18.7 Å². The predicted octanol–water partition coefficient (Wildman–Crippen LogP) is 3.54. The molecule has 0 N–H and O–H groups in total. The summed E-state index contributed by atoms with van der Waals surface area (Å²) in [5, 5.41) is 9.40. The number of hydrogen-bond acceptors (Lipinski definition) is 7. The lowest BCUT2D eigenvalue weighted by Gasteiger charge is -2.23. The van der Waals surface area contributed by atoms with Crippen molar-refractivity contribution >= 4 is 29.3 Å². The molecule has 1 aromatic heterocycles. The number of esters is 1. The van der Waals surface area contributed by atoms with E-state index in [1.807, 2.05) is 32.0 Å². The van der Waals surface area contributed by atoms with Gasteiger partial charge in [0.2, 0.25) is 5.91 Å². The zero-order valence-electron chi connectivity index (χ0n) is 17.3. The third-order valence-corrected chi connectivity index (χ3v) is 5.12. The second-order valence-corrected chi connectivity index (χ2v) is 7.58. The van der Waals surface area contributed by atoms with Crippen LogP contribution in [0.25, 0.3) is 0 Å². The molecule has 2 rings (SSSR count). The fraction of sp³-hybridized carbons (Fsp3) is 0.381. The standard InChI is InChI=1S/C21H24N4O3S/c1-13-9-14(2)11-17(10-13)25(8-6-7-22)18(26)12-29-20-19(21(27)28-5)15(3)23-16(4)24-20/h9-11H,6,8,12H2,1-5H3. The van der Waals surface area contributed by atoms with Gasteiger partial charge in [0.15, 0.2) is 0 Å². The first-order valence-electron chi connectivity index (χ1n) is 9.08. The number of methoxy groups -OCH3 is 1. The van der Waals surface area contributed by atoms with Crippen molar-refractivity contribution in [3.8, 4) is 6.07 Å². The fourth-order valence-electron chi connectivity index (χ4n) is 3.00. The molecule has 1 heterocycles. The van der Waals surface area contributed by atoms with Crippen LogP contribution in [-0.2, 0) is 9.53 Å². The number of amides is 1. The zero-order valence-corrected chi connectivity index (χ0v) is 18.1. The summed E-state index contributed by atoms with van der Waals surface area (Å²) in [6.07, 6.45) is 0.225. The molecule has 0 aliphatic rings. The van der Waals surface area contributed by atoms with Gasteiger partial charge in [-0.2, -0.15) is 5.26 Å². The third-order valence-electron chi connectivity index (χ3n) is 4.16. The second kappa shape index (κ2) is 10.0. The van der Waals surface area contributed by atoms with E-state index in [-0.39, 0.29) is 23.6 Å². The van der Waals surface area contributed by atoms with Gasteiger partial charge in [0.05, 0.1) is 31.0 Å². The fourth-order valence-corrected chi connectivity index (χ4v) is 3.98. The first-order chi connectivity index (χ1) is 13.8. The number of aromatic nitrogens is 2. The van der Waals surface area contributed by atoms with Crippen molar-refractivity contribution in [3.63, 3.8) is 0 Å². The average Bonchev–Trinajstić information content (AvgIpc) is 2.65. The van der Waals surface area contributed by atoms with Crippen molar-refractivity contribution in [3.05, 3.63) is 46.4 Å². The largest absolute Gasteiger partial charge is 0.465 e. The van der Waals surface area contributed by atoms with E-state index in [9.17, 15) is 9.59 Å². The number of benzene rings is 1. The van der Waals surface area contributed by atoms with Gasteiger partial charge in [-0.1, -0.05) is 17.8 Å². The van der Waals surface area contributed by atoms with E-state index < -0.39 is 5.97 Å². The molecule has 0 saturated heterocycles. The summed E-state index contributed by atoms with van der Waals surface area (Å²) >= 11 is 1.17. The molecule has 0 saturated carbocycles. The Kier molecular flexibility index (Phi) is 7.74. The maximum Gasteiger partial charge on any atom is 0.342 e. The Balaban J connectivity index is 2.29. The minimum absolute atomic E-state index is 0.0678. The maximum atomic E-state index is 13.0. The zero-order chi connectivity index (χ0) is 21.6. The second-order valence-electron chi connectivity index (χ2n) is 6.62. The number of carbonyl (C=O) groups excluding carboxylic acids is 2. The van der Waals surface area contributed by atoms with E-state index in [1.165, 1.54) is 18.9 Å². The van der Waals surface area contributed by atoms with Gasteiger partial charge in [0.25, 0.3) is 0 Å². The Morgan fingerprint density at radius 2 is 1.79 bits per heavy atom. The van der Waals surface area contributed by atoms with Crippen LogP contribution >= 0.6 is 11.8 Å². The van der Waals surface area contributed by atoms with Gasteiger partial charge >= 0.3 is 5.97 Å². The van der Waals surface area contributed by atoms with Crippen molar-refractivity contribution in [2.75, 3.05) is 24.3 Å². The lowest BCUT2D eigenvalue weighted by Crippen LogP contribution is -2.33. The van der Waals surface area contributed by atoms with Crippen LogP contribution in [0.1, 0.15) is 39.4 Å². The average molecular weight is 413 g/mol. The smallest absolute Gasteiger partial charge is 0.342 e. The Bertz CT molecular complexity index is 949. The highest BCUT2D eigenvalue weighted by Gasteiger charge is 2.22. The number of nitrogens with zero attached hydrogens (tertiary/aromatic N) is 4. The van der Waals surface area contributed by atoms with E-state index in [4.69, 9.17) is 10.00 Å². The number of carbonyl (C=O) groups is 2. The van der Waals surface area contributed by atoms with Crippen LogP contribution < -0.4 is 4.90 Å². The SMILES string of the molecule is COC(=O)c1c(C)nc(C)nc1SCC(=O)N(CCC#N)c1cc(C)cc(C)c1. The molecule has 0 unspecified atom stereocenters. The van der Waals surface area contributed by atoms with Crippen LogP contribution in [0.15, 0.2) is 23.2 Å². The summed E-state index contributed by atoms with van der Waals surface area (Å²) in [4.78, 5) is 35.3. The summed E-state index contributed by atoms with van der Waals surface area (Å²) in [5.41, 5.74) is 3.61. The number of aryl methyl sites for hydroxylation is 4. The van der Waals surface area contributed by atoms with Gasteiger partial charge in [0, 0.05) is 12.2 Å². The molecule has 0 fully saturated rings. The van der Waals surface area contributed by atoms with Crippen LogP contribution in [0.3, 0.4) is 0 Å². The molecule has 0 spiro atoms. The molecule has 7 nitrogen and oxygen atoms in total. The summed E-state index contributed by atoms with van der Waals surface area (Å²) in [6, 6.07) is 7.96. The first kappa shape index (κ1) is 22.4. The van der Waals surface area contributed by atoms with Crippen LogP contribution in [0.5, 0.6) is 0 Å². The number of rotatable bonds is 7. The van der Waals surface area contributed by atoms with E-state index in [0.717, 1.165) is 16.8 Å². The molecule has 0 aliphatic heterocycles. The highest BCUT2D eigenvalue weighted by molar-refractivity contribution is 8.00. The molecule has 0 atom stereocenters. The highest BCUT2D eigenvalue weighted by Crippen LogP contribution is 2.26. The quantitative estimate of drug-likeness (QED) is 0.390. The normalized spacial score (nSPS) is 10.3. The van der Waals surface area contributed by atoms with Crippen molar-refractivity contribution in [1.82, 2.24) is 9.97 Å². The molecule has 1 amide bonds. The van der Waals surface area contributed by atoms with Gasteiger partial charge < -0.3 is 9.64 Å². The Morgan fingerprint density at radius 3 is 2.38 bits per heavy atom. The summed E-state index contributed by atoms with van der Waals surface area (Å²) in [7, 11) is 1.30. The summed E-state index contributed by atoms with van der Waals surface area (Å²) < 4.78 is 4.84. The van der Waals surface area contributed by atoms with Gasteiger partial charge in [-0.3, -0.25) is 4.79 Å². The van der Waals surface area contributed by atoms with Crippen molar-refractivity contribution in [1.29, 1.82) is 5.26 Å². The highest BCUT2D eigenvalue weighted by atomic mass is 32.2. The van der Waals surface area contributed by atoms with E-state index >= 15 is 0 Å². The molecular formula is C21H24N4O3S. The topological polar surface area (TPSA) is 96.2 Å². The first-order valence-corrected chi connectivity index (χ1v) is 10.1.